The van der Waals surface area contributed by atoms with Gasteiger partial charge in [0.2, 0.25) is 0 Å². The van der Waals surface area contributed by atoms with E-state index in [0.717, 1.165) is 5.56 Å². The van der Waals surface area contributed by atoms with Crippen LogP contribution in [0.2, 0.25) is 0 Å². The molecule has 104 valence electrons. The van der Waals surface area contributed by atoms with E-state index in [0.29, 0.717) is 29.9 Å². The van der Waals surface area contributed by atoms with Crippen molar-refractivity contribution in [3.05, 3.63) is 52.7 Å². The summed E-state index contributed by atoms with van der Waals surface area (Å²) in [4.78, 5) is 12.0. The van der Waals surface area contributed by atoms with Crippen LogP contribution in [-0.2, 0) is 17.6 Å². The summed E-state index contributed by atoms with van der Waals surface area (Å²) in [6.45, 7) is 3.67. The van der Waals surface area contributed by atoms with Crippen molar-refractivity contribution in [2.24, 2.45) is 0 Å². The molecule has 0 unspecified atom stereocenters. The fourth-order valence-electron chi connectivity index (χ4n) is 2.36. The fourth-order valence-corrected chi connectivity index (χ4v) is 2.36. The lowest BCUT2D eigenvalue weighted by atomic mass is 9.94. The summed E-state index contributed by atoms with van der Waals surface area (Å²) < 4.78 is 23.5. The van der Waals surface area contributed by atoms with Gasteiger partial charge in [0.1, 0.15) is 22.7 Å². The van der Waals surface area contributed by atoms with E-state index in [1.807, 2.05) is 13.8 Å². The van der Waals surface area contributed by atoms with E-state index in [9.17, 15) is 9.18 Å². The maximum Gasteiger partial charge on any atom is 0.344 e. The Morgan fingerprint density at radius 1 is 1.30 bits per heavy atom. The second-order valence-corrected chi connectivity index (χ2v) is 5.56. The third kappa shape index (κ3) is 2.31. The molecule has 20 heavy (non-hydrogen) atoms. The van der Waals surface area contributed by atoms with Crippen LogP contribution in [0.15, 0.2) is 28.8 Å². The molecule has 2 aromatic rings. The van der Waals surface area contributed by atoms with Crippen molar-refractivity contribution < 1.29 is 18.4 Å². The van der Waals surface area contributed by atoms with Crippen molar-refractivity contribution in [2.75, 3.05) is 0 Å². The highest BCUT2D eigenvalue weighted by molar-refractivity contribution is 5.93. The summed E-state index contributed by atoms with van der Waals surface area (Å²) in [5.41, 5.74) is 1.33. The Bertz CT molecular complexity index is 658. The van der Waals surface area contributed by atoms with Crippen LogP contribution < -0.4 is 0 Å². The molecular formula is C15H14FNO3. The Kier molecular flexibility index (Phi) is 2.85. The molecule has 1 aliphatic rings. The van der Waals surface area contributed by atoms with Crippen molar-refractivity contribution >= 4 is 5.97 Å². The first-order valence-electron chi connectivity index (χ1n) is 6.40. The van der Waals surface area contributed by atoms with Crippen LogP contribution in [0.1, 0.15) is 41.2 Å². The second kappa shape index (κ2) is 4.44. The Hall–Kier alpha value is -2.17. The van der Waals surface area contributed by atoms with E-state index in [1.54, 1.807) is 12.1 Å². The maximum atomic E-state index is 12.9. The summed E-state index contributed by atoms with van der Waals surface area (Å²) >= 11 is 0. The van der Waals surface area contributed by atoms with Crippen molar-refractivity contribution in [3.63, 3.8) is 0 Å². The summed E-state index contributed by atoms with van der Waals surface area (Å²) in [5, 5.41) is 3.97. The third-order valence-electron chi connectivity index (χ3n) is 3.28. The number of rotatable bonds is 2. The molecule has 5 heteroatoms. The van der Waals surface area contributed by atoms with Gasteiger partial charge < -0.3 is 9.26 Å². The predicted octanol–water partition coefficient (Wildman–Crippen LogP) is 2.90. The zero-order valence-corrected chi connectivity index (χ0v) is 11.3. The van der Waals surface area contributed by atoms with Crippen LogP contribution >= 0.6 is 0 Å². The SMILES string of the molecule is CC1(C)Cc2noc(Cc3ccc(F)cc3)c2C(=O)O1. The number of halogens is 1. The molecule has 0 bridgehead atoms. The highest BCUT2D eigenvalue weighted by Gasteiger charge is 2.37. The molecule has 0 saturated heterocycles. The molecule has 0 radical (unpaired) electrons. The van der Waals surface area contributed by atoms with Crippen LogP contribution in [0.25, 0.3) is 0 Å². The minimum atomic E-state index is -0.561. The van der Waals surface area contributed by atoms with Gasteiger partial charge in [0.25, 0.3) is 0 Å². The molecule has 4 nitrogen and oxygen atoms in total. The molecule has 0 saturated carbocycles. The molecule has 2 heterocycles. The van der Waals surface area contributed by atoms with Gasteiger partial charge in [0.15, 0.2) is 5.76 Å². The number of carbonyl (C=O) groups excluding carboxylic acids is 1. The summed E-state index contributed by atoms with van der Waals surface area (Å²) in [6.07, 6.45) is 0.916. The lowest BCUT2D eigenvalue weighted by molar-refractivity contribution is -0.00699. The van der Waals surface area contributed by atoms with Crippen LogP contribution in [0.3, 0.4) is 0 Å². The minimum absolute atomic E-state index is 0.297. The van der Waals surface area contributed by atoms with Gasteiger partial charge in [-0.3, -0.25) is 0 Å². The van der Waals surface area contributed by atoms with Gasteiger partial charge in [0.05, 0.1) is 0 Å². The van der Waals surface area contributed by atoms with Crippen molar-refractivity contribution in [1.82, 2.24) is 5.16 Å². The Labute approximate surface area is 115 Å². The van der Waals surface area contributed by atoms with Crippen molar-refractivity contribution in [3.8, 4) is 0 Å². The average molecular weight is 275 g/mol. The quantitative estimate of drug-likeness (QED) is 0.791. The molecule has 1 aliphatic heterocycles. The minimum Gasteiger partial charge on any atom is -0.456 e. The van der Waals surface area contributed by atoms with Gasteiger partial charge in [-0.1, -0.05) is 17.3 Å². The van der Waals surface area contributed by atoms with E-state index in [2.05, 4.69) is 5.16 Å². The van der Waals surface area contributed by atoms with Crippen molar-refractivity contribution in [2.45, 2.75) is 32.3 Å². The van der Waals surface area contributed by atoms with Gasteiger partial charge >= 0.3 is 5.97 Å². The molecule has 3 rings (SSSR count). The predicted molar refractivity (Wildman–Crippen MR) is 68.9 cm³/mol. The number of hydrogen-bond donors (Lipinski definition) is 0. The Balaban J connectivity index is 1.92. The average Bonchev–Trinajstić information content (AvgIpc) is 2.73. The fraction of sp³-hybridized carbons (Fsp3) is 0.333. The monoisotopic (exact) mass is 275 g/mol. The first-order valence-corrected chi connectivity index (χ1v) is 6.40. The molecular weight excluding hydrogens is 261 g/mol. The number of benzene rings is 1. The van der Waals surface area contributed by atoms with Crippen LogP contribution in [0.4, 0.5) is 4.39 Å². The molecule has 0 fully saturated rings. The van der Waals surface area contributed by atoms with E-state index in [1.165, 1.54) is 12.1 Å². The smallest absolute Gasteiger partial charge is 0.344 e. The van der Waals surface area contributed by atoms with Gasteiger partial charge in [0, 0.05) is 12.8 Å². The van der Waals surface area contributed by atoms with Gasteiger partial charge in [-0.2, -0.15) is 0 Å². The number of carbonyl (C=O) groups is 1. The molecule has 1 aromatic carbocycles. The highest BCUT2D eigenvalue weighted by Crippen LogP contribution is 2.30. The lowest BCUT2D eigenvalue weighted by Gasteiger charge is -2.28. The number of fused-ring (bicyclic) bond motifs is 1. The zero-order valence-electron chi connectivity index (χ0n) is 11.3. The number of esters is 1. The topological polar surface area (TPSA) is 52.3 Å². The normalized spacial score (nSPS) is 16.6. The second-order valence-electron chi connectivity index (χ2n) is 5.56. The van der Waals surface area contributed by atoms with Crippen LogP contribution in [-0.4, -0.2) is 16.7 Å². The van der Waals surface area contributed by atoms with Crippen molar-refractivity contribution in [1.29, 1.82) is 0 Å². The first kappa shape index (κ1) is 12.8. The largest absolute Gasteiger partial charge is 0.456 e. The number of ether oxygens (including phenoxy) is 1. The molecule has 0 amide bonds. The van der Waals surface area contributed by atoms with E-state index >= 15 is 0 Å². The third-order valence-corrected chi connectivity index (χ3v) is 3.28. The standard InChI is InChI=1S/C15H14FNO3/c1-15(2)8-11-13(14(18)19-15)12(20-17-11)7-9-3-5-10(16)6-4-9/h3-6H,7-8H2,1-2H3. The zero-order chi connectivity index (χ0) is 14.3. The number of aromatic nitrogens is 1. The van der Waals surface area contributed by atoms with Gasteiger partial charge in [-0.25, -0.2) is 9.18 Å². The number of nitrogens with zero attached hydrogens (tertiary/aromatic N) is 1. The first-order chi connectivity index (χ1) is 9.44. The summed E-state index contributed by atoms with van der Waals surface area (Å²) in [5.74, 6) is -0.240. The molecule has 0 atom stereocenters. The molecule has 0 spiro atoms. The highest BCUT2D eigenvalue weighted by atomic mass is 19.1. The van der Waals surface area contributed by atoms with E-state index < -0.39 is 11.6 Å². The molecule has 0 aliphatic carbocycles. The van der Waals surface area contributed by atoms with Crippen LogP contribution in [0, 0.1) is 5.82 Å². The van der Waals surface area contributed by atoms with Gasteiger partial charge in [-0.15, -0.1) is 0 Å². The number of hydrogen-bond acceptors (Lipinski definition) is 4. The van der Waals surface area contributed by atoms with E-state index in [-0.39, 0.29) is 5.82 Å². The molecule has 1 aromatic heterocycles. The van der Waals surface area contributed by atoms with Crippen LogP contribution in [0.5, 0.6) is 0 Å². The summed E-state index contributed by atoms with van der Waals surface area (Å²) in [7, 11) is 0. The van der Waals surface area contributed by atoms with Gasteiger partial charge in [-0.05, 0) is 31.5 Å². The summed E-state index contributed by atoms with van der Waals surface area (Å²) in [6, 6.07) is 6.06. The lowest BCUT2D eigenvalue weighted by Crippen LogP contribution is -2.36. The Morgan fingerprint density at radius 2 is 2.00 bits per heavy atom. The Morgan fingerprint density at radius 3 is 2.70 bits per heavy atom. The van der Waals surface area contributed by atoms with E-state index in [4.69, 9.17) is 9.26 Å². The molecule has 0 N–H and O–H groups in total. The maximum absolute atomic E-state index is 12.9. The number of cyclic esters (lactones) is 1.